The Balaban J connectivity index is 1.74. The highest BCUT2D eigenvalue weighted by Gasteiger charge is 2.23. The Hall–Kier alpha value is -1.81. The number of nitrogens with zero attached hydrogens (tertiary/aromatic N) is 2. The summed E-state index contributed by atoms with van der Waals surface area (Å²) in [5, 5.41) is 7.63. The fourth-order valence-electron chi connectivity index (χ4n) is 2.65. The normalized spacial score (nSPS) is 14.3. The van der Waals surface area contributed by atoms with Gasteiger partial charge in [-0.05, 0) is 25.1 Å². The summed E-state index contributed by atoms with van der Waals surface area (Å²) in [5.41, 5.74) is 3.60. The summed E-state index contributed by atoms with van der Waals surface area (Å²) in [6, 6.07) is 10.5. The molecule has 0 aliphatic carbocycles. The number of benzene rings is 1. The number of anilines is 1. The topological polar surface area (TPSA) is 41.3 Å². The van der Waals surface area contributed by atoms with Crippen LogP contribution in [0.1, 0.15) is 30.4 Å². The predicted octanol–water partition coefficient (Wildman–Crippen LogP) is 2.74. The second-order valence-electron chi connectivity index (χ2n) is 5.21. The molecule has 1 aromatic heterocycles. The molecule has 1 aliphatic heterocycles. The molecule has 1 aromatic carbocycles. The van der Waals surface area contributed by atoms with E-state index in [0.29, 0.717) is 0 Å². The number of para-hydroxylation sites is 1. The smallest absolute Gasteiger partial charge is 0.143 e. The van der Waals surface area contributed by atoms with Gasteiger partial charge in [0.1, 0.15) is 11.5 Å². The number of nitrogens with one attached hydrogen (secondary N) is 1. The summed E-state index contributed by atoms with van der Waals surface area (Å²) in [5.74, 6) is 1.06. The summed E-state index contributed by atoms with van der Waals surface area (Å²) < 4.78 is 5.49. The molecule has 3 rings (SSSR count). The van der Waals surface area contributed by atoms with Crippen LogP contribution in [0, 0.1) is 0 Å². The third kappa shape index (κ3) is 2.70. The van der Waals surface area contributed by atoms with Crippen molar-refractivity contribution in [3.05, 3.63) is 47.3 Å². The Bertz CT molecular complexity index is 550. The maximum atomic E-state index is 5.49. The molecule has 20 heavy (non-hydrogen) atoms. The monoisotopic (exact) mass is 271 g/mol. The van der Waals surface area contributed by atoms with Crippen LogP contribution in [0.5, 0.6) is 0 Å². The van der Waals surface area contributed by atoms with Crippen LogP contribution in [0.2, 0.25) is 0 Å². The molecule has 0 unspecified atom stereocenters. The second kappa shape index (κ2) is 6.09. The molecule has 2 heterocycles. The van der Waals surface area contributed by atoms with Crippen molar-refractivity contribution in [2.45, 2.75) is 32.9 Å². The lowest BCUT2D eigenvalue weighted by Gasteiger charge is -2.28. The zero-order valence-electron chi connectivity index (χ0n) is 11.9. The van der Waals surface area contributed by atoms with E-state index >= 15 is 0 Å². The van der Waals surface area contributed by atoms with Crippen LogP contribution in [-0.4, -0.2) is 18.2 Å². The largest absolute Gasteiger partial charge is 0.367 e. The van der Waals surface area contributed by atoms with Gasteiger partial charge in [-0.15, -0.1) is 0 Å². The summed E-state index contributed by atoms with van der Waals surface area (Å²) in [6.45, 7) is 5.88. The number of hydrogen-bond donors (Lipinski definition) is 1. The van der Waals surface area contributed by atoms with Crippen molar-refractivity contribution in [1.29, 1.82) is 0 Å². The van der Waals surface area contributed by atoms with Gasteiger partial charge < -0.3 is 14.7 Å². The van der Waals surface area contributed by atoms with Gasteiger partial charge >= 0.3 is 0 Å². The lowest BCUT2D eigenvalue weighted by Crippen LogP contribution is -2.30. The first kappa shape index (κ1) is 13.2. The van der Waals surface area contributed by atoms with Gasteiger partial charge in [-0.25, -0.2) is 0 Å². The Morgan fingerprint density at radius 2 is 2.15 bits per heavy atom. The Kier molecular flexibility index (Phi) is 4.02. The predicted molar refractivity (Wildman–Crippen MR) is 79.7 cm³/mol. The summed E-state index contributed by atoms with van der Waals surface area (Å²) >= 11 is 0. The molecule has 4 heteroatoms. The molecular weight excluding hydrogens is 250 g/mol. The van der Waals surface area contributed by atoms with Gasteiger partial charge in [0.15, 0.2) is 0 Å². The van der Waals surface area contributed by atoms with Crippen LogP contribution in [0.4, 0.5) is 5.69 Å². The maximum Gasteiger partial charge on any atom is 0.143 e. The zero-order chi connectivity index (χ0) is 13.8. The number of rotatable bonds is 5. The summed E-state index contributed by atoms with van der Waals surface area (Å²) in [6.07, 6.45) is 2.07. The molecule has 4 nitrogen and oxygen atoms in total. The molecule has 106 valence electrons. The highest BCUT2D eigenvalue weighted by molar-refractivity contribution is 5.48. The fourth-order valence-corrected chi connectivity index (χ4v) is 2.65. The SMILES string of the molecule is CCCNCc1noc2c1CN(c1ccccc1)CC2. The van der Waals surface area contributed by atoms with Crippen molar-refractivity contribution in [3.63, 3.8) is 0 Å². The van der Waals surface area contributed by atoms with Gasteiger partial charge in [-0.1, -0.05) is 30.3 Å². The Morgan fingerprint density at radius 3 is 2.95 bits per heavy atom. The van der Waals surface area contributed by atoms with E-state index in [9.17, 15) is 0 Å². The van der Waals surface area contributed by atoms with Crippen molar-refractivity contribution in [2.75, 3.05) is 18.0 Å². The van der Waals surface area contributed by atoms with Crippen molar-refractivity contribution in [3.8, 4) is 0 Å². The van der Waals surface area contributed by atoms with Gasteiger partial charge in [0.2, 0.25) is 0 Å². The quantitative estimate of drug-likeness (QED) is 0.849. The van der Waals surface area contributed by atoms with E-state index in [4.69, 9.17) is 4.52 Å². The minimum Gasteiger partial charge on any atom is -0.367 e. The molecule has 1 N–H and O–H groups in total. The molecule has 0 saturated carbocycles. The molecule has 0 atom stereocenters. The zero-order valence-corrected chi connectivity index (χ0v) is 11.9. The number of fused-ring (bicyclic) bond motifs is 1. The highest BCUT2D eigenvalue weighted by Crippen LogP contribution is 2.26. The van der Waals surface area contributed by atoms with Crippen molar-refractivity contribution < 1.29 is 4.52 Å². The van der Waals surface area contributed by atoms with E-state index < -0.39 is 0 Å². The van der Waals surface area contributed by atoms with Gasteiger partial charge in [0.05, 0.1) is 0 Å². The first-order valence-corrected chi connectivity index (χ1v) is 7.35. The van der Waals surface area contributed by atoms with E-state index in [1.165, 1.54) is 11.3 Å². The number of hydrogen-bond acceptors (Lipinski definition) is 4. The third-order valence-electron chi connectivity index (χ3n) is 3.75. The third-order valence-corrected chi connectivity index (χ3v) is 3.75. The standard InChI is InChI=1S/C16H21N3O/c1-2-9-17-11-15-14-12-19(10-8-16(14)20-18-15)13-6-4-3-5-7-13/h3-7,17H,2,8-12H2,1H3. The van der Waals surface area contributed by atoms with Gasteiger partial charge in [0.25, 0.3) is 0 Å². The van der Waals surface area contributed by atoms with Crippen LogP contribution in [0.15, 0.2) is 34.9 Å². The summed E-state index contributed by atoms with van der Waals surface area (Å²) in [7, 11) is 0. The molecule has 0 fully saturated rings. The molecular formula is C16H21N3O. The van der Waals surface area contributed by atoms with Crippen LogP contribution in [-0.2, 0) is 19.5 Å². The lowest BCUT2D eigenvalue weighted by molar-refractivity contribution is 0.371. The van der Waals surface area contributed by atoms with Gasteiger partial charge in [0, 0.05) is 37.3 Å². The van der Waals surface area contributed by atoms with Crippen molar-refractivity contribution >= 4 is 5.69 Å². The van der Waals surface area contributed by atoms with Crippen LogP contribution in [0.3, 0.4) is 0 Å². The molecule has 0 bridgehead atoms. The van der Waals surface area contributed by atoms with E-state index in [0.717, 1.165) is 50.5 Å². The Labute approximate surface area is 119 Å². The van der Waals surface area contributed by atoms with Crippen molar-refractivity contribution in [2.24, 2.45) is 0 Å². The minimum absolute atomic E-state index is 0.801. The average Bonchev–Trinajstić information content (AvgIpc) is 2.91. The van der Waals surface area contributed by atoms with E-state index in [1.54, 1.807) is 0 Å². The summed E-state index contributed by atoms with van der Waals surface area (Å²) in [4.78, 5) is 2.39. The molecule has 0 radical (unpaired) electrons. The Morgan fingerprint density at radius 1 is 1.30 bits per heavy atom. The molecule has 0 saturated heterocycles. The lowest BCUT2D eigenvalue weighted by atomic mass is 10.1. The van der Waals surface area contributed by atoms with E-state index in [-0.39, 0.29) is 0 Å². The average molecular weight is 271 g/mol. The molecule has 2 aromatic rings. The minimum atomic E-state index is 0.801. The molecule has 0 amide bonds. The van der Waals surface area contributed by atoms with Crippen molar-refractivity contribution in [1.82, 2.24) is 10.5 Å². The van der Waals surface area contributed by atoms with Gasteiger partial charge in [-0.3, -0.25) is 0 Å². The first-order valence-electron chi connectivity index (χ1n) is 7.35. The second-order valence-corrected chi connectivity index (χ2v) is 5.21. The molecule has 0 spiro atoms. The fraction of sp³-hybridized carbons (Fsp3) is 0.438. The van der Waals surface area contributed by atoms with E-state index in [2.05, 4.69) is 52.6 Å². The molecule has 1 aliphatic rings. The number of aromatic nitrogens is 1. The van der Waals surface area contributed by atoms with Crippen LogP contribution >= 0.6 is 0 Å². The van der Waals surface area contributed by atoms with Crippen LogP contribution < -0.4 is 10.2 Å². The highest BCUT2D eigenvalue weighted by atomic mass is 16.5. The first-order chi connectivity index (χ1) is 9.88. The van der Waals surface area contributed by atoms with Gasteiger partial charge in [-0.2, -0.15) is 0 Å². The van der Waals surface area contributed by atoms with Crippen LogP contribution in [0.25, 0.3) is 0 Å². The maximum absolute atomic E-state index is 5.49. The van der Waals surface area contributed by atoms with E-state index in [1.807, 2.05) is 0 Å².